The van der Waals surface area contributed by atoms with E-state index in [9.17, 15) is 10.0 Å². The van der Waals surface area contributed by atoms with E-state index in [1.54, 1.807) is 20.8 Å². The zero-order valence-corrected chi connectivity index (χ0v) is 8.31. The third-order valence-corrected chi connectivity index (χ3v) is 1.69. The highest BCUT2D eigenvalue weighted by Gasteiger charge is 2.28. The molecule has 1 rings (SSSR count). The molecule has 0 atom stereocenters. The molecule has 1 aromatic heterocycles. The summed E-state index contributed by atoms with van der Waals surface area (Å²) in [5, 5.41) is 20.0. The highest BCUT2D eigenvalue weighted by atomic mass is 16.5. The van der Waals surface area contributed by atoms with Gasteiger partial charge in [0.1, 0.15) is 0 Å². The van der Waals surface area contributed by atoms with Crippen molar-refractivity contribution in [2.24, 2.45) is 0 Å². The van der Waals surface area contributed by atoms with Crippen molar-refractivity contribution in [2.45, 2.75) is 26.2 Å². The summed E-state index contributed by atoms with van der Waals surface area (Å²) < 4.78 is 0.590. The first-order chi connectivity index (χ1) is 6.32. The lowest BCUT2D eigenvalue weighted by Crippen LogP contribution is -2.40. The van der Waals surface area contributed by atoms with Gasteiger partial charge in [0.2, 0.25) is 0 Å². The van der Waals surface area contributed by atoms with E-state index in [0.29, 0.717) is 4.73 Å². The topological polar surface area (TPSA) is 77.1 Å². The number of aromatic carboxylic acids is 1. The molecular formula is C9H12N2O3. The van der Waals surface area contributed by atoms with Crippen LogP contribution in [0.2, 0.25) is 0 Å². The first-order valence-corrected chi connectivity index (χ1v) is 4.16. The molecule has 1 heterocycles. The second kappa shape index (κ2) is 3.25. The summed E-state index contributed by atoms with van der Waals surface area (Å²) >= 11 is 0. The van der Waals surface area contributed by atoms with Gasteiger partial charge >= 0.3 is 11.8 Å². The molecule has 0 aliphatic carbocycles. The molecule has 0 aliphatic heterocycles. The van der Waals surface area contributed by atoms with E-state index in [1.807, 2.05) is 0 Å². The van der Waals surface area contributed by atoms with Gasteiger partial charge in [0.15, 0.2) is 0 Å². The Morgan fingerprint density at radius 3 is 2.57 bits per heavy atom. The summed E-state index contributed by atoms with van der Waals surface area (Å²) in [4.78, 5) is 14.4. The van der Waals surface area contributed by atoms with E-state index in [1.165, 1.54) is 6.07 Å². The van der Waals surface area contributed by atoms with Gasteiger partial charge in [0.25, 0.3) is 5.69 Å². The number of rotatable bonds is 1. The maximum Gasteiger partial charge on any atom is 0.380 e. The number of aromatic nitrogens is 2. The first-order valence-electron chi connectivity index (χ1n) is 4.16. The second-order valence-corrected chi connectivity index (χ2v) is 4.02. The van der Waals surface area contributed by atoms with Gasteiger partial charge in [-0.2, -0.15) is 0 Å². The summed E-state index contributed by atoms with van der Waals surface area (Å²) in [6.07, 6.45) is 1.16. The molecule has 0 amide bonds. The van der Waals surface area contributed by atoms with Gasteiger partial charge in [-0.25, -0.2) is 9.52 Å². The Kier molecular flexibility index (Phi) is 2.42. The lowest BCUT2D eigenvalue weighted by molar-refractivity contribution is -0.621. The van der Waals surface area contributed by atoms with Crippen LogP contribution in [-0.4, -0.2) is 16.1 Å². The molecule has 5 heteroatoms. The minimum atomic E-state index is -1.13. The minimum absolute atomic E-state index is 0.109. The van der Waals surface area contributed by atoms with Crippen LogP contribution in [-0.2, 0) is 5.41 Å². The van der Waals surface area contributed by atoms with E-state index in [-0.39, 0.29) is 11.5 Å². The second-order valence-electron chi connectivity index (χ2n) is 4.02. The van der Waals surface area contributed by atoms with Crippen molar-refractivity contribution in [1.82, 2.24) is 4.98 Å². The predicted molar refractivity (Wildman–Crippen MR) is 48.9 cm³/mol. The average Bonchev–Trinajstić information content (AvgIpc) is 2.02. The van der Waals surface area contributed by atoms with E-state index in [4.69, 9.17) is 5.11 Å². The van der Waals surface area contributed by atoms with Gasteiger partial charge in [-0.3, -0.25) is 0 Å². The zero-order valence-electron chi connectivity index (χ0n) is 8.31. The number of carbonyl (C=O) groups is 1. The molecule has 0 bridgehead atoms. The van der Waals surface area contributed by atoms with Gasteiger partial charge in [0.05, 0.1) is 11.6 Å². The zero-order chi connectivity index (χ0) is 10.9. The van der Waals surface area contributed by atoms with Crippen molar-refractivity contribution < 1.29 is 14.6 Å². The minimum Gasteiger partial charge on any atom is -0.711 e. The maximum atomic E-state index is 11.3. The molecule has 1 N–H and O–H groups in total. The van der Waals surface area contributed by atoms with Gasteiger partial charge in [-0.15, -0.1) is 0 Å². The monoisotopic (exact) mass is 196 g/mol. The van der Waals surface area contributed by atoms with Crippen molar-refractivity contribution >= 4 is 5.97 Å². The van der Waals surface area contributed by atoms with E-state index in [2.05, 4.69) is 4.98 Å². The lowest BCUT2D eigenvalue weighted by atomic mass is 9.95. The Balaban J connectivity index is 3.29. The summed E-state index contributed by atoms with van der Waals surface area (Å²) in [5.74, 6) is -0.923. The van der Waals surface area contributed by atoms with Gasteiger partial charge < -0.3 is 10.3 Å². The fraction of sp³-hybridized carbons (Fsp3) is 0.444. The standard InChI is InChI=1S/C9H12N2O3/c1-9(2,3)8-10-6(7(12)13)4-5-11(8)14/h4-5H,1-3H3,(H,12,13). The molecule has 0 aromatic carbocycles. The van der Waals surface area contributed by atoms with Crippen LogP contribution < -0.4 is 4.73 Å². The molecule has 0 spiro atoms. The van der Waals surface area contributed by atoms with E-state index >= 15 is 0 Å². The highest BCUT2D eigenvalue weighted by molar-refractivity contribution is 5.84. The van der Waals surface area contributed by atoms with Gasteiger partial charge in [-0.1, -0.05) is 0 Å². The molecule has 0 unspecified atom stereocenters. The van der Waals surface area contributed by atoms with Crippen LogP contribution in [0, 0.1) is 5.21 Å². The summed E-state index contributed by atoms with van der Waals surface area (Å²) in [6, 6.07) is 1.19. The fourth-order valence-corrected chi connectivity index (χ4v) is 1.03. The number of hydrogen-bond donors (Lipinski definition) is 1. The number of carboxylic acid groups (broad SMARTS) is 1. The Labute approximate surface area is 81.6 Å². The SMILES string of the molecule is CC(C)(C)c1nc(C(=O)O)cc[n+]1[O-]. The summed E-state index contributed by atoms with van der Waals surface area (Å²) in [5.41, 5.74) is -0.574. The van der Waals surface area contributed by atoms with Crippen LogP contribution in [0.4, 0.5) is 0 Å². The third kappa shape index (κ3) is 1.99. The van der Waals surface area contributed by atoms with Crippen molar-refractivity contribution in [2.75, 3.05) is 0 Å². The Bertz CT molecular complexity index is 369. The van der Waals surface area contributed by atoms with Crippen molar-refractivity contribution in [3.8, 4) is 0 Å². The van der Waals surface area contributed by atoms with E-state index in [0.717, 1.165) is 6.20 Å². The molecule has 1 aromatic rings. The third-order valence-electron chi connectivity index (χ3n) is 1.69. The average molecular weight is 196 g/mol. The molecule has 76 valence electrons. The first kappa shape index (κ1) is 10.4. The Hall–Kier alpha value is -1.65. The van der Waals surface area contributed by atoms with Gasteiger partial charge in [-0.05, 0) is 25.8 Å². The van der Waals surface area contributed by atoms with Crippen molar-refractivity contribution in [3.05, 3.63) is 29.0 Å². The number of hydrogen-bond acceptors (Lipinski definition) is 3. The largest absolute Gasteiger partial charge is 0.711 e. The Morgan fingerprint density at radius 1 is 1.57 bits per heavy atom. The van der Waals surface area contributed by atoms with Gasteiger partial charge in [0, 0.05) is 6.07 Å². The number of nitrogens with zero attached hydrogens (tertiary/aromatic N) is 2. The van der Waals surface area contributed by atoms with Crippen LogP contribution in [0.1, 0.15) is 37.1 Å². The fourth-order valence-electron chi connectivity index (χ4n) is 1.03. The highest BCUT2D eigenvalue weighted by Crippen LogP contribution is 2.16. The molecule has 0 saturated heterocycles. The van der Waals surface area contributed by atoms with Crippen molar-refractivity contribution in [1.29, 1.82) is 0 Å². The van der Waals surface area contributed by atoms with Crippen LogP contribution >= 0.6 is 0 Å². The molecule has 5 nitrogen and oxygen atoms in total. The Morgan fingerprint density at radius 2 is 2.14 bits per heavy atom. The quantitative estimate of drug-likeness (QED) is 0.530. The van der Waals surface area contributed by atoms with Crippen LogP contribution in [0.15, 0.2) is 12.3 Å². The summed E-state index contributed by atoms with van der Waals surface area (Å²) in [6.45, 7) is 5.40. The van der Waals surface area contributed by atoms with Crippen LogP contribution in [0.3, 0.4) is 0 Å². The molecular weight excluding hydrogens is 184 g/mol. The lowest BCUT2D eigenvalue weighted by Gasteiger charge is -2.16. The predicted octanol–water partition coefficient (Wildman–Crippen LogP) is 0.711. The molecule has 0 saturated carbocycles. The number of carboxylic acids is 1. The molecule has 0 aliphatic rings. The van der Waals surface area contributed by atoms with Crippen LogP contribution in [0.25, 0.3) is 0 Å². The van der Waals surface area contributed by atoms with Crippen molar-refractivity contribution in [3.63, 3.8) is 0 Å². The maximum absolute atomic E-state index is 11.3. The molecule has 14 heavy (non-hydrogen) atoms. The smallest absolute Gasteiger partial charge is 0.380 e. The molecule has 0 fully saturated rings. The molecule has 0 radical (unpaired) electrons. The van der Waals surface area contributed by atoms with E-state index < -0.39 is 11.4 Å². The van der Waals surface area contributed by atoms with Crippen LogP contribution in [0.5, 0.6) is 0 Å². The normalized spacial score (nSPS) is 11.4. The summed E-state index contributed by atoms with van der Waals surface area (Å²) in [7, 11) is 0.